The zero-order valence-corrected chi connectivity index (χ0v) is 13.6. The minimum absolute atomic E-state index is 0.110. The number of benzene rings is 2. The van der Waals surface area contributed by atoms with Gasteiger partial charge in [-0.1, -0.05) is 57.6 Å². The van der Waals surface area contributed by atoms with Crippen LogP contribution in [0.15, 0.2) is 40.9 Å². The first kappa shape index (κ1) is 14.6. The average molecular weight is 399 g/mol. The molecule has 0 fully saturated rings. The maximum Gasteiger partial charge on any atom is 0.453 e. The predicted octanol–water partition coefficient (Wildman–Crippen LogP) is 4.79. The third kappa shape index (κ3) is 2.31. The third-order valence-corrected chi connectivity index (χ3v) is 4.97. The van der Waals surface area contributed by atoms with Crippen LogP contribution in [-0.2, 0) is 6.18 Å². The van der Waals surface area contributed by atoms with Gasteiger partial charge < -0.3 is 0 Å². The van der Waals surface area contributed by atoms with Crippen molar-refractivity contribution in [2.75, 3.05) is 0 Å². The van der Waals surface area contributed by atoms with Crippen LogP contribution in [0.2, 0.25) is 0 Å². The molecule has 0 spiro atoms. The van der Waals surface area contributed by atoms with Gasteiger partial charge in [0, 0.05) is 10.0 Å². The Labute approximate surface area is 139 Å². The Kier molecular flexibility index (Phi) is 3.17. The van der Waals surface area contributed by atoms with Gasteiger partial charge in [0.25, 0.3) is 5.82 Å². The van der Waals surface area contributed by atoms with Crippen LogP contribution in [-0.4, -0.2) is 19.8 Å². The standard InChI is InChI=1S/C14H6BrF3N4S/c15-10-6-2-3-7-8(10)4-1-5-9(7)11-21-22-12(14(16,17)18)19-20-13(22)23-11/h1-6H. The van der Waals surface area contributed by atoms with Crippen molar-refractivity contribution in [1.82, 2.24) is 19.8 Å². The average Bonchev–Trinajstić information content (AvgIpc) is 3.06. The van der Waals surface area contributed by atoms with Crippen LogP contribution < -0.4 is 0 Å². The van der Waals surface area contributed by atoms with Gasteiger partial charge in [0.15, 0.2) is 0 Å². The molecule has 0 N–H and O–H groups in total. The molecule has 0 aliphatic heterocycles. The van der Waals surface area contributed by atoms with E-state index in [1.54, 1.807) is 0 Å². The molecular weight excluding hydrogens is 393 g/mol. The van der Waals surface area contributed by atoms with Crippen LogP contribution in [0.1, 0.15) is 5.82 Å². The summed E-state index contributed by atoms with van der Waals surface area (Å²) in [4.78, 5) is 0.110. The lowest BCUT2D eigenvalue weighted by atomic mass is 10.1. The van der Waals surface area contributed by atoms with E-state index in [0.717, 1.165) is 36.7 Å². The highest BCUT2D eigenvalue weighted by Crippen LogP contribution is 2.36. The quantitative estimate of drug-likeness (QED) is 0.463. The minimum atomic E-state index is -4.59. The maximum absolute atomic E-state index is 12.9. The molecule has 0 amide bonds. The Morgan fingerprint density at radius 1 is 1.00 bits per heavy atom. The van der Waals surface area contributed by atoms with Crippen molar-refractivity contribution in [2.24, 2.45) is 0 Å². The molecule has 4 rings (SSSR count). The summed E-state index contributed by atoms with van der Waals surface area (Å²) in [6.07, 6.45) is -4.59. The van der Waals surface area contributed by atoms with E-state index in [1.807, 2.05) is 36.4 Å². The molecule has 2 heterocycles. The van der Waals surface area contributed by atoms with E-state index in [9.17, 15) is 13.2 Å². The van der Waals surface area contributed by atoms with Gasteiger partial charge in [-0.3, -0.25) is 0 Å². The topological polar surface area (TPSA) is 43.1 Å². The summed E-state index contributed by atoms with van der Waals surface area (Å²) in [5.41, 5.74) is 0.757. The lowest BCUT2D eigenvalue weighted by Gasteiger charge is -2.05. The summed E-state index contributed by atoms with van der Waals surface area (Å²) in [6.45, 7) is 0. The fourth-order valence-electron chi connectivity index (χ4n) is 2.36. The molecule has 0 aliphatic rings. The normalized spacial score (nSPS) is 12.3. The highest BCUT2D eigenvalue weighted by molar-refractivity contribution is 9.10. The first-order valence-electron chi connectivity index (χ1n) is 6.42. The molecule has 23 heavy (non-hydrogen) atoms. The maximum atomic E-state index is 12.9. The van der Waals surface area contributed by atoms with Crippen LogP contribution in [0.4, 0.5) is 13.2 Å². The summed E-state index contributed by atoms with van der Waals surface area (Å²) >= 11 is 4.55. The van der Waals surface area contributed by atoms with Gasteiger partial charge in [-0.2, -0.15) is 22.8 Å². The van der Waals surface area contributed by atoms with Crippen LogP contribution >= 0.6 is 27.3 Å². The van der Waals surface area contributed by atoms with E-state index < -0.39 is 12.0 Å². The Bertz CT molecular complexity index is 1040. The Morgan fingerprint density at radius 2 is 1.74 bits per heavy atom. The van der Waals surface area contributed by atoms with Gasteiger partial charge in [-0.25, -0.2) is 0 Å². The van der Waals surface area contributed by atoms with Crippen molar-refractivity contribution in [3.8, 4) is 10.6 Å². The molecule has 0 saturated heterocycles. The fraction of sp³-hybridized carbons (Fsp3) is 0.0714. The summed E-state index contributed by atoms with van der Waals surface area (Å²) < 4.78 is 40.4. The second-order valence-corrected chi connectivity index (χ2v) is 6.57. The minimum Gasteiger partial charge on any atom is -0.178 e. The van der Waals surface area contributed by atoms with Gasteiger partial charge in [0.1, 0.15) is 5.01 Å². The highest BCUT2D eigenvalue weighted by Gasteiger charge is 2.38. The van der Waals surface area contributed by atoms with Crippen molar-refractivity contribution in [2.45, 2.75) is 6.18 Å². The summed E-state index contributed by atoms with van der Waals surface area (Å²) in [5, 5.41) is 13.1. The van der Waals surface area contributed by atoms with Gasteiger partial charge in [-0.15, -0.1) is 10.2 Å². The van der Waals surface area contributed by atoms with Crippen LogP contribution in [0.25, 0.3) is 26.3 Å². The van der Waals surface area contributed by atoms with Gasteiger partial charge in [-0.05, 0) is 16.8 Å². The summed E-state index contributed by atoms with van der Waals surface area (Å²) in [7, 11) is 0. The van der Waals surface area contributed by atoms with Crippen molar-refractivity contribution in [1.29, 1.82) is 0 Å². The summed E-state index contributed by atoms with van der Waals surface area (Å²) in [6, 6.07) is 11.3. The van der Waals surface area contributed by atoms with E-state index in [2.05, 4.69) is 31.2 Å². The zero-order chi connectivity index (χ0) is 16.2. The zero-order valence-electron chi connectivity index (χ0n) is 11.2. The smallest absolute Gasteiger partial charge is 0.178 e. The Balaban J connectivity index is 1.97. The first-order chi connectivity index (χ1) is 10.9. The van der Waals surface area contributed by atoms with E-state index >= 15 is 0 Å². The van der Waals surface area contributed by atoms with Crippen molar-refractivity contribution < 1.29 is 13.2 Å². The molecule has 0 bridgehead atoms. The number of alkyl halides is 3. The second-order valence-electron chi connectivity index (χ2n) is 4.76. The number of aromatic nitrogens is 4. The van der Waals surface area contributed by atoms with Gasteiger partial charge >= 0.3 is 6.18 Å². The monoisotopic (exact) mass is 398 g/mol. The fourth-order valence-corrected chi connectivity index (χ4v) is 3.74. The molecule has 4 nitrogen and oxygen atoms in total. The molecule has 0 saturated carbocycles. The second kappa shape index (κ2) is 5.00. The van der Waals surface area contributed by atoms with E-state index in [-0.39, 0.29) is 4.96 Å². The lowest BCUT2D eigenvalue weighted by molar-refractivity contribution is -0.146. The Hall–Kier alpha value is -2.00. The van der Waals surface area contributed by atoms with Crippen LogP contribution in [0.3, 0.4) is 0 Å². The number of rotatable bonds is 1. The van der Waals surface area contributed by atoms with Crippen LogP contribution in [0, 0.1) is 0 Å². The lowest BCUT2D eigenvalue weighted by Crippen LogP contribution is -2.11. The summed E-state index contributed by atoms with van der Waals surface area (Å²) in [5.74, 6) is -1.11. The number of hydrogen-bond acceptors (Lipinski definition) is 4. The molecule has 2 aromatic heterocycles. The first-order valence-corrected chi connectivity index (χ1v) is 8.03. The molecule has 0 unspecified atom stereocenters. The SMILES string of the molecule is FC(F)(F)c1nnc2sc(-c3cccc4c(Br)cccc34)nn12. The largest absolute Gasteiger partial charge is 0.453 e. The molecule has 9 heteroatoms. The van der Waals surface area contributed by atoms with Crippen molar-refractivity contribution >= 4 is 43.0 Å². The molecule has 0 aliphatic carbocycles. The van der Waals surface area contributed by atoms with E-state index in [0.29, 0.717) is 5.01 Å². The predicted molar refractivity (Wildman–Crippen MR) is 84.3 cm³/mol. The number of hydrogen-bond donors (Lipinski definition) is 0. The molecule has 2 aromatic carbocycles. The third-order valence-electron chi connectivity index (χ3n) is 3.34. The Morgan fingerprint density at radius 3 is 2.52 bits per heavy atom. The van der Waals surface area contributed by atoms with E-state index in [1.165, 1.54) is 0 Å². The van der Waals surface area contributed by atoms with Crippen molar-refractivity contribution in [3.63, 3.8) is 0 Å². The van der Waals surface area contributed by atoms with Crippen molar-refractivity contribution in [3.05, 3.63) is 46.7 Å². The number of nitrogens with zero attached hydrogens (tertiary/aromatic N) is 4. The van der Waals surface area contributed by atoms with Crippen LogP contribution in [0.5, 0.6) is 0 Å². The van der Waals surface area contributed by atoms with Gasteiger partial charge in [0.05, 0.1) is 0 Å². The highest BCUT2D eigenvalue weighted by atomic mass is 79.9. The van der Waals surface area contributed by atoms with E-state index in [4.69, 9.17) is 0 Å². The molecule has 4 aromatic rings. The molecule has 116 valence electrons. The molecule has 0 atom stereocenters. The number of fused-ring (bicyclic) bond motifs is 2. The molecular formula is C14H6BrF3N4S. The molecule has 0 radical (unpaired) electrons. The number of halogens is 4. The van der Waals surface area contributed by atoms with Gasteiger partial charge in [0.2, 0.25) is 4.96 Å².